The number of hydrogen-bond donors (Lipinski definition) is 2. The fourth-order valence-electron chi connectivity index (χ4n) is 7.13. The van der Waals surface area contributed by atoms with E-state index in [0.717, 1.165) is 89.4 Å². The molecule has 0 saturated heterocycles. The Balaban J connectivity index is 1.46. The van der Waals surface area contributed by atoms with Crippen LogP contribution in [0.4, 0.5) is 0 Å². The normalized spacial score (nSPS) is 11.9. The number of fused-ring (bicyclic) bond motifs is 8. The molecule has 0 radical (unpaired) electrons. The van der Waals surface area contributed by atoms with Gasteiger partial charge in [-0.05, 0) is 83.0 Å². The molecule has 0 fully saturated rings. The first-order valence-electron chi connectivity index (χ1n) is 17.5. The van der Waals surface area contributed by atoms with E-state index in [1.807, 2.05) is 71.5 Å². The summed E-state index contributed by atoms with van der Waals surface area (Å²) in [6.07, 6.45) is 20.7. The zero-order valence-corrected chi connectivity index (χ0v) is 29.5. The number of hydrogen-bond acceptors (Lipinski definition) is 3. The van der Waals surface area contributed by atoms with E-state index in [0.29, 0.717) is 5.56 Å². The molecule has 0 amide bonds. The minimum atomic E-state index is 0.604. The Kier molecular flexibility index (Phi) is 7.67. The largest absolute Gasteiger partial charge is 0.354 e. The van der Waals surface area contributed by atoms with Gasteiger partial charge in [-0.3, -0.25) is 0 Å². The highest BCUT2D eigenvalue weighted by Gasteiger charge is 2.20. The van der Waals surface area contributed by atoms with Crippen molar-refractivity contribution in [1.29, 1.82) is 5.26 Å². The minimum absolute atomic E-state index is 0.604. The van der Waals surface area contributed by atoms with Crippen molar-refractivity contribution in [3.63, 3.8) is 0 Å². The Bertz CT molecular complexity index is 2830. The molecule has 2 aliphatic heterocycles. The number of rotatable bonds is 4. The first-order valence-corrected chi connectivity index (χ1v) is 17.5. The van der Waals surface area contributed by atoms with Gasteiger partial charge < -0.3 is 9.97 Å². The molecule has 9 rings (SSSR count). The van der Waals surface area contributed by atoms with Crippen LogP contribution >= 0.6 is 0 Å². The number of benzene rings is 1. The van der Waals surface area contributed by atoms with Crippen LogP contribution in [0.3, 0.4) is 0 Å². The van der Waals surface area contributed by atoms with Gasteiger partial charge in [0.25, 0.3) is 0 Å². The maximum Gasteiger partial charge on any atom is 0.169 e. The van der Waals surface area contributed by atoms with E-state index in [1.54, 1.807) is 0 Å². The SMILES string of the molecule is C[n+]1ccc(-c2c3nc(c(-c4ccc(C#N)cc4)c4ccc([nH]4)c(-c4cc[n+](C)cc4)c4ccc([nH]4)c(-c4cc[n+](C)cc4)c4nc2C=C4)C=C3)cc1. The number of nitrogens with one attached hydrogen (secondary N) is 2. The summed E-state index contributed by atoms with van der Waals surface area (Å²) in [7, 11) is 6.06. The van der Waals surface area contributed by atoms with Gasteiger partial charge in [0, 0.05) is 80.7 Å². The molecule has 2 aliphatic rings. The van der Waals surface area contributed by atoms with Crippen molar-refractivity contribution in [1.82, 2.24) is 19.9 Å². The third-order valence-corrected chi connectivity index (χ3v) is 9.86. The van der Waals surface area contributed by atoms with E-state index in [2.05, 4.69) is 126 Å². The molecule has 0 unspecified atom stereocenters. The molecule has 0 atom stereocenters. The molecular weight excluding hydrogens is 653 g/mol. The molecule has 1 aromatic carbocycles. The molecule has 7 aromatic rings. The topological polar surface area (TPSA) is 92.8 Å². The maximum absolute atomic E-state index is 9.58. The van der Waals surface area contributed by atoms with Crippen LogP contribution in [-0.4, -0.2) is 19.9 Å². The second-order valence-electron chi connectivity index (χ2n) is 13.4. The molecule has 252 valence electrons. The molecule has 2 N–H and O–H groups in total. The van der Waals surface area contributed by atoms with E-state index < -0.39 is 0 Å². The quantitative estimate of drug-likeness (QED) is 0.186. The molecule has 0 spiro atoms. The van der Waals surface area contributed by atoms with Crippen LogP contribution in [-0.2, 0) is 21.1 Å². The average molecular weight is 688 g/mol. The minimum Gasteiger partial charge on any atom is -0.354 e. The van der Waals surface area contributed by atoms with Crippen LogP contribution in [0.25, 0.3) is 90.9 Å². The summed E-state index contributed by atoms with van der Waals surface area (Å²) >= 11 is 0. The fourth-order valence-corrected chi connectivity index (χ4v) is 7.13. The monoisotopic (exact) mass is 687 g/mol. The van der Waals surface area contributed by atoms with Gasteiger partial charge in [-0.25, -0.2) is 23.7 Å². The molecule has 53 heavy (non-hydrogen) atoms. The van der Waals surface area contributed by atoms with Gasteiger partial charge in [0.15, 0.2) is 37.2 Å². The van der Waals surface area contributed by atoms with Crippen molar-refractivity contribution >= 4 is 46.4 Å². The number of aromatic nitrogens is 7. The highest BCUT2D eigenvalue weighted by molar-refractivity contribution is 6.00. The van der Waals surface area contributed by atoms with Gasteiger partial charge in [-0.2, -0.15) is 5.26 Å². The van der Waals surface area contributed by atoms with Gasteiger partial charge >= 0.3 is 0 Å². The third kappa shape index (κ3) is 5.80. The fraction of sp³-hybridized carbons (Fsp3) is 0.0667. The van der Waals surface area contributed by atoms with Crippen molar-refractivity contribution < 1.29 is 13.7 Å². The number of aryl methyl sites for hydroxylation is 3. The molecule has 8 nitrogen and oxygen atoms in total. The second-order valence-corrected chi connectivity index (χ2v) is 13.4. The van der Waals surface area contributed by atoms with Gasteiger partial charge in [0.2, 0.25) is 0 Å². The van der Waals surface area contributed by atoms with E-state index >= 15 is 0 Å². The zero-order valence-electron chi connectivity index (χ0n) is 29.5. The third-order valence-electron chi connectivity index (χ3n) is 9.86. The Morgan fingerprint density at radius 2 is 0.736 bits per heavy atom. The van der Waals surface area contributed by atoms with E-state index in [1.165, 1.54) is 0 Å². The van der Waals surface area contributed by atoms with Gasteiger partial charge in [-0.1, -0.05) is 12.1 Å². The summed E-state index contributed by atoms with van der Waals surface area (Å²) in [5.41, 5.74) is 15.8. The smallest absolute Gasteiger partial charge is 0.169 e. The van der Waals surface area contributed by atoms with E-state index in [-0.39, 0.29) is 0 Å². The van der Waals surface area contributed by atoms with E-state index in [4.69, 9.17) is 9.97 Å². The van der Waals surface area contributed by atoms with Gasteiger partial charge in [-0.15, -0.1) is 0 Å². The van der Waals surface area contributed by atoms with Crippen molar-refractivity contribution in [3.05, 3.63) is 150 Å². The summed E-state index contributed by atoms with van der Waals surface area (Å²) in [6.45, 7) is 0. The lowest BCUT2D eigenvalue weighted by Crippen LogP contribution is -2.25. The standard InChI is InChI=1S/C45H34N8/c1-51-22-16-31(17-23-51)43-36-10-8-34(47-36)42(30-6-4-29(28-46)5-7-30)35-9-11-37(48-35)44(32-18-24-52(2)25-19-32)39-13-15-41(50-39)45(40-14-12-38(43)49-40)33-20-26-53(3)27-21-33/h4-27H,1-3H3,(H,47,48,49,50)/q+2/p+1. The number of nitriles is 1. The van der Waals surface area contributed by atoms with Crippen LogP contribution in [0, 0.1) is 11.3 Å². The molecule has 0 aliphatic carbocycles. The Labute approximate surface area is 306 Å². The Morgan fingerprint density at radius 3 is 1.13 bits per heavy atom. The van der Waals surface area contributed by atoms with Crippen LogP contribution in [0.2, 0.25) is 0 Å². The van der Waals surface area contributed by atoms with Crippen molar-refractivity contribution in [2.24, 2.45) is 21.1 Å². The summed E-state index contributed by atoms with van der Waals surface area (Å²) < 4.78 is 6.10. The van der Waals surface area contributed by atoms with E-state index in [9.17, 15) is 5.26 Å². The lowest BCUT2D eigenvalue weighted by Gasteiger charge is -2.06. The van der Waals surface area contributed by atoms with Crippen LogP contribution in [0.5, 0.6) is 0 Å². The van der Waals surface area contributed by atoms with Crippen LogP contribution in [0.15, 0.2) is 122 Å². The van der Waals surface area contributed by atoms with Crippen LogP contribution < -0.4 is 13.7 Å². The lowest BCUT2D eigenvalue weighted by molar-refractivity contribution is -0.671. The summed E-state index contributed by atoms with van der Waals surface area (Å²) in [5.74, 6) is 0. The first kappa shape index (κ1) is 31.7. The molecule has 8 heteroatoms. The predicted octanol–water partition coefficient (Wildman–Crippen LogP) is 7.67. The van der Waals surface area contributed by atoms with Gasteiger partial charge in [0.05, 0.1) is 34.4 Å². The average Bonchev–Trinajstić information content (AvgIpc) is 4.02. The molecule has 0 saturated carbocycles. The molecule has 8 bridgehead atoms. The maximum atomic E-state index is 9.58. The molecule has 8 heterocycles. The molecule has 6 aromatic heterocycles. The predicted molar refractivity (Wildman–Crippen MR) is 209 cm³/mol. The summed E-state index contributed by atoms with van der Waals surface area (Å²) in [4.78, 5) is 18.3. The Hall–Kier alpha value is -7.24. The number of H-pyrrole nitrogens is 2. The summed E-state index contributed by atoms with van der Waals surface area (Å²) in [5, 5.41) is 9.58. The summed E-state index contributed by atoms with van der Waals surface area (Å²) in [6, 6.07) is 31.3. The van der Waals surface area contributed by atoms with Crippen molar-refractivity contribution in [3.8, 4) is 50.6 Å². The first-order chi connectivity index (χ1) is 25.9. The Morgan fingerprint density at radius 1 is 0.415 bits per heavy atom. The van der Waals surface area contributed by atoms with Gasteiger partial charge in [0.1, 0.15) is 21.1 Å². The zero-order chi connectivity index (χ0) is 36.1. The second kappa shape index (κ2) is 12.8. The highest BCUT2D eigenvalue weighted by Crippen LogP contribution is 2.38. The number of aromatic amines is 2. The van der Waals surface area contributed by atoms with Crippen molar-refractivity contribution in [2.45, 2.75) is 0 Å². The van der Waals surface area contributed by atoms with Crippen molar-refractivity contribution in [2.75, 3.05) is 0 Å². The lowest BCUT2D eigenvalue weighted by atomic mass is 10.0. The highest BCUT2D eigenvalue weighted by atomic mass is 14.9. The van der Waals surface area contributed by atoms with Crippen LogP contribution in [0.1, 0.15) is 28.3 Å². The number of pyridine rings is 3. The number of nitrogens with zero attached hydrogens (tertiary/aromatic N) is 6. The molecular formula is C45H35N8+3.